The second-order valence-corrected chi connectivity index (χ2v) is 5.88. The minimum atomic E-state index is -0.792. The summed E-state index contributed by atoms with van der Waals surface area (Å²) in [7, 11) is 0. The molecule has 0 saturated carbocycles. The van der Waals surface area contributed by atoms with Crippen molar-refractivity contribution in [2.45, 2.75) is 19.8 Å². The van der Waals surface area contributed by atoms with Gasteiger partial charge in [0.15, 0.2) is 0 Å². The quantitative estimate of drug-likeness (QED) is 0.929. The number of halogens is 1. The first-order valence-corrected chi connectivity index (χ1v) is 7.04. The zero-order chi connectivity index (χ0) is 14.0. The van der Waals surface area contributed by atoms with Crippen LogP contribution < -0.4 is 0 Å². The van der Waals surface area contributed by atoms with Gasteiger partial charge in [-0.25, -0.2) is 0 Å². The highest BCUT2D eigenvalue weighted by molar-refractivity contribution is 9.10. The van der Waals surface area contributed by atoms with Crippen molar-refractivity contribution in [2.75, 3.05) is 13.1 Å². The number of carbonyl (C=O) groups excluding carboxylic acids is 1. The summed E-state index contributed by atoms with van der Waals surface area (Å²) >= 11 is 3.38. The van der Waals surface area contributed by atoms with E-state index in [1.165, 1.54) is 0 Å². The first-order chi connectivity index (χ1) is 8.97. The van der Waals surface area contributed by atoms with Gasteiger partial charge >= 0.3 is 5.97 Å². The van der Waals surface area contributed by atoms with Gasteiger partial charge < -0.3 is 10.0 Å². The van der Waals surface area contributed by atoms with E-state index in [2.05, 4.69) is 15.9 Å². The predicted molar refractivity (Wildman–Crippen MR) is 75.1 cm³/mol. The highest BCUT2D eigenvalue weighted by atomic mass is 79.9. The lowest BCUT2D eigenvalue weighted by Gasteiger charge is -2.17. The van der Waals surface area contributed by atoms with E-state index < -0.39 is 5.97 Å². The summed E-state index contributed by atoms with van der Waals surface area (Å²) in [6.07, 6.45) is 0.913. The molecular formula is C14H16BrNO3. The molecule has 0 bridgehead atoms. The maximum atomic E-state index is 12.4. The number of aryl methyl sites for hydroxylation is 1. The average Bonchev–Trinajstić information content (AvgIpc) is 2.75. The highest BCUT2D eigenvalue weighted by Gasteiger charge is 2.28. The van der Waals surface area contributed by atoms with E-state index in [4.69, 9.17) is 5.11 Å². The monoisotopic (exact) mass is 325 g/mol. The number of rotatable bonds is 3. The zero-order valence-electron chi connectivity index (χ0n) is 10.7. The van der Waals surface area contributed by atoms with Gasteiger partial charge in [-0.15, -0.1) is 0 Å². The molecule has 4 nitrogen and oxygen atoms in total. The van der Waals surface area contributed by atoms with E-state index in [1.807, 2.05) is 25.1 Å². The molecule has 1 N–H and O–H groups in total. The fourth-order valence-electron chi connectivity index (χ4n) is 2.47. The van der Waals surface area contributed by atoms with Gasteiger partial charge in [-0.3, -0.25) is 9.59 Å². The van der Waals surface area contributed by atoms with Crippen LogP contribution in [-0.4, -0.2) is 35.0 Å². The van der Waals surface area contributed by atoms with Crippen molar-refractivity contribution in [1.82, 2.24) is 4.90 Å². The number of aliphatic carboxylic acids is 1. The second-order valence-electron chi connectivity index (χ2n) is 4.96. The Morgan fingerprint density at radius 2 is 2.21 bits per heavy atom. The van der Waals surface area contributed by atoms with Crippen LogP contribution in [0.3, 0.4) is 0 Å². The van der Waals surface area contributed by atoms with E-state index in [1.54, 1.807) is 4.90 Å². The van der Waals surface area contributed by atoms with Crippen molar-refractivity contribution in [3.8, 4) is 0 Å². The number of amides is 1. The van der Waals surface area contributed by atoms with Crippen molar-refractivity contribution in [3.63, 3.8) is 0 Å². The summed E-state index contributed by atoms with van der Waals surface area (Å²) in [5.41, 5.74) is 1.63. The van der Waals surface area contributed by atoms with Crippen molar-refractivity contribution in [3.05, 3.63) is 33.8 Å². The number of benzene rings is 1. The third-order valence-electron chi connectivity index (χ3n) is 3.46. The minimum Gasteiger partial charge on any atom is -0.481 e. The lowest BCUT2D eigenvalue weighted by Crippen LogP contribution is -2.29. The molecule has 102 valence electrons. The van der Waals surface area contributed by atoms with E-state index in [0.29, 0.717) is 18.7 Å². The van der Waals surface area contributed by atoms with E-state index in [-0.39, 0.29) is 18.2 Å². The molecule has 0 radical (unpaired) electrons. The largest absolute Gasteiger partial charge is 0.481 e. The molecule has 19 heavy (non-hydrogen) atoms. The molecule has 0 spiro atoms. The van der Waals surface area contributed by atoms with Crippen molar-refractivity contribution >= 4 is 27.8 Å². The highest BCUT2D eigenvalue weighted by Crippen LogP contribution is 2.23. The maximum Gasteiger partial charge on any atom is 0.303 e. The van der Waals surface area contributed by atoms with Gasteiger partial charge in [0.2, 0.25) is 0 Å². The fourth-order valence-corrected chi connectivity index (χ4v) is 2.94. The lowest BCUT2D eigenvalue weighted by atomic mass is 10.1. The SMILES string of the molecule is Cc1cc(Br)ccc1C(=O)N1CCC(CC(=O)O)C1. The molecule has 1 aromatic rings. The van der Waals surface area contributed by atoms with Gasteiger partial charge in [0.25, 0.3) is 5.91 Å². The van der Waals surface area contributed by atoms with Gasteiger partial charge in [0.05, 0.1) is 0 Å². The van der Waals surface area contributed by atoms with Crippen LogP contribution in [0.1, 0.15) is 28.8 Å². The molecule has 1 aromatic carbocycles. The third-order valence-corrected chi connectivity index (χ3v) is 3.95. The van der Waals surface area contributed by atoms with Crippen LogP contribution in [0.15, 0.2) is 22.7 Å². The number of nitrogens with zero attached hydrogens (tertiary/aromatic N) is 1. The Balaban J connectivity index is 2.07. The number of hydrogen-bond donors (Lipinski definition) is 1. The molecule has 1 aliphatic rings. The Morgan fingerprint density at radius 1 is 1.47 bits per heavy atom. The standard InChI is InChI=1S/C14H16BrNO3/c1-9-6-11(15)2-3-12(9)14(19)16-5-4-10(8-16)7-13(17)18/h2-3,6,10H,4-5,7-8H2,1H3,(H,17,18). The first kappa shape index (κ1) is 14.1. The van der Waals surface area contributed by atoms with Gasteiger partial charge in [-0.1, -0.05) is 15.9 Å². The molecule has 1 amide bonds. The van der Waals surface area contributed by atoms with Crippen LogP contribution in [0.2, 0.25) is 0 Å². The molecule has 1 unspecified atom stereocenters. The summed E-state index contributed by atoms with van der Waals surface area (Å²) in [4.78, 5) is 24.8. The smallest absolute Gasteiger partial charge is 0.303 e. The Labute approximate surface area is 120 Å². The number of likely N-dealkylation sites (tertiary alicyclic amines) is 1. The van der Waals surface area contributed by atoms with Crippen LogP contribution >= 0.6 is 15.9 Å². The molecule has 1 aliphatic heterocycles. The second kappa shape index (κ2) is 5.74. The van der Waals surface area contributed by atoms with Crippen LogP contribution in [0.4, 0.5) is 0 Å². The number of carbonyl (C=O) groups is 2. The van der Waals surface area contributed by atoms with E-state index >= 15 is 0 Å². The summed E-state index contributed by atoms with van der Waals surface area (Å²) in [6.45, 7) is 3.09. The summed E-state index contributed by atoms with van der Waals surface area (Å²) in [5.74, 6) is -0.714. The third kappa shape index (κ3) is 3.35. The number of carboxylic acids is 1. The summed E-state index contributed by atoms with van der Waals surface area (Å²) in [5, 5.41) is 8.78. The van der Waals surface area contributed by atoms with Crippen molar-refractivity contribution in [2.24, 2.45) is 5.92 Å². The lowest BCUT2D eigenvalue weighted by molar-refractivity contribution is -0.138. The van der Waals surface area contributed by atoms with Gasteiger partial charge in [0.1, 0.15) is 0 Å². The number of hydrogen-bond acceptors (Lipinski definition) is 2. The normalized spacial score (nSPS) is 18.6. The molecule has 1 atom stereocenters. The Hall–Kier alpha value is -1.36. The zero-order valence-corrected chi connectivity index (χ0v) is 12.3. The minimum absolute atomic E-state index is 0.00195. The first-order valence-electron chi connectivity index (χ1n) is 6.24. The number of carboxylic acid groups (broad SMARTS) is 1. The van der Waals surface area contributed by atoms with Crippen molar-refractivity contribution in [1.29, 1.82) is 0 Å². The topological polar surface area (TPSA) is 57.6 Å². The molecule has 0 aliphatic carbocycles. The van der Waals surface area contributed by atoms with Gasteiger partial charge in [-0.2, -0.15) is 0 Å². The summed E-state index contributed by atoms with van der Waals surface area (Å²) in [6, 6.07) is 5.58. The maximum absolute atomic E-state index is 12.4. The van der Waals surface area contributed by atoms with Gasteiger partial charge in [-0.05, 0) is 43.0 Å². The van der Waals surface area contributed by atoms with Crippen LogP contribution in [-0.2, 0) is 4.79 Å². The Kier molecular flexibility index (Phi) is 4.24. The van der Waals surface area contributed by atoms with Crippen LogP contribution in [0.25, 0.3) is 0 Å². The molecule has 1 saturated heterocycles. The molecule has 1 fully saturated rings. The molecule has 5 heteroatoms. The molecule has 0 aromatic heterocycles. The van der Waals surface area contributed by atoms with Crippen LogP contribution in [0.5, 0.6) is 0 Å². The van der Waals surface area contributed by atoms with E-state index in [9.17, 15) is 9.59 Å². The van der Waals surface area contributed by atoms with Crippen molar-refractivity contribution < 1.29 is 14.7 Å². The van der Waals surface area contributed by atoms with Crippen LogP contribution in [0, 0.1) is 12.8 Å². The Morgan fingerprint density at radius 3 is 2.84 bits per heavy atom. The average molecular weight is 326 g/mol. The summed E-state index contributed by atoms with van der Waals surface area (Å²) < 4.78 is 0.951. The van der Waals surface area contributed by atoms with E-state index in [0.717, 1.165) is 16.5 Å². The Bertz CT molecular complexity index is 515. The predicted octanol–water partition coefficient (Wildman–Crippen LogP) is 2.69. The van der Waals surface area contributed by atoms with Gasteiger partial charge in [0, 0.05) is 29.5 Å². The molecule has 2 rings (SSSR count). The molecular weight excluding hydrogens is 310 g/mol. The molecule has 1 heterocycles. The fraction of sp³-hybridized carbons (Fsp3) is 0.429.